The molecule has 82 valence electrons. The zero-order chi connectivity index (χ0) is 11.5. The minimum Gasteiger partial charge on any atom is -0.342 e. The van der Waals surface area contributed by atoms with Crippen molar-refractivity contribution in [3.63, 3.8) is 0 Å². The molecule has 3 aromatic rings. The summed E-state index contributed by atoms with van der Waals surface area (Å²) in [5, 5.41) is 2.50. The van der Waals surface area contributed by atoms with Gasteiger partial charge >= 0.3 is 0 Å². The highest BCUT2D eigenvalue weighted by molar-refractivity contribution is 5.95. The quantitative estimate of drug-likeness (QED) is 0.598. The van der Waals surface area contributed by atoms with Crippen LogP contribution in [-0.4, -0.2) is 9.97 Å². The van der Waals surface area contributed by atoms with Gasteiger partial charge in [0.2, 0.25) is 0 Å². The molecule has 0 radical (unpaired) electrons. The third-order valence-electron chi connectivity index (χ3n) is 2.47. The molecule has 1 N–H and O–H groups in total. The summed E-state index contributed by atoms with van der Waals surface area (Å²) in [5.41, 5.74) is 2.16. The Morgan fingerprint density at radius 2 is 1.62 bits per heavy atom. The molecule has 0 aliphatic rings. The van der Waals surface area contributed by atoms with Crippen LogP contribution < -0.4 is 0 Å². The highest BCUT2D eigenvalue weighted by Crippen LogP contribution is 2.20. The Bertz CT molecular complexity index is 556. The molecule has 0 unspecified atom stereocenters. The molecule has 3 rings (SSSR count). The van der Waals surface area contributed by atoms with Crippen molar-refractivity contribution < 1.29 is 0 Å². The topological polar surface area (TPSA) is 28.7 Å². The van der Waals surface area contributed by atoms with E-state index in [9.17, 15) is 0 Å². The van der Waals surface area contributed by atoms with Crippen LogP contribution in [0.5, 0.6) is 0 Å². The molecule has 0 saturated carbocycles. The number of rotatable bonds is 0. The van der Waals surface area contributed by atoms with Crippen LogP contribution in [-0.2, 0) is 0 Å². The molecule has 0 aliphatic heterocycles. The first kappa shape index (κ1) is 10.7. The number of benzene rings is 2. The number of imidazole rings is 1. The second-order valence-electron chi connectivity index (χ2n) is 3.54. The molecule has 1 aromatic heterocycles. The summed E-state index contributed by atoms with van der Waals surface area (Å²) in [7, 11) is 0. The predicted molar refractivity (Wildman–Crippen MR) is 69.7 cm³/mol. The van der Waals surface area contributed by atoms with Crippen molar-refractivity contribution in [2.24, 2.45) is 0 Å². The monoisotopic (exact) mass is 212 g/mol. The zero-order valence-electron chi connectivity index (χ0n) is 9.91. The summed E-state index contributed by atoms with van der Waals surface area (Å²) in [6.07, 6.45) is 0. The first-order valence-corrected chi connectivity index (χ1v) is 5.68. The number of fused-ring (bicyclic) bond motifs is 2. The van der Waals surface area contributed by atoms with Gasteiger partial charge in [0.05, 0.1) is 11.0 Å². The van der Waals surface area contributed by atoms with E-state index in [2.05, 4.69) is 40.3 Å². The molecule has 0 spiro atoms. The Labute approximate surface area is 95.3 Å². The van der Waals surface area contributed by atoms with Gasteiger partial charge in [0.1, 0.15) is 5.82 Å². The van der Waals surface area contributed by atoms with Crippen molar-refractivity contribution in [3.8, 4) is 0 Å². The number of H-pyrrole nitrogens is 1. The molecule has 16 heavy (non-hydrogen) atoms. The summed E-state index contributed by atoms with van der Waals surface area (Å²) < 4.78 is 0. The van der Waals surface area contributed by atoms with Gasteiger partial charge in [0, 0.05) is 0 Å². The molecule has 0 amide bonds. The van der Waals surface area contributed by atoms with E-state index in [1.807, 2.05) is 26.8 Å². The standard InChI is InChI=1S/C12H10N2.C2H6/c1-8-13-11-6-9-4-2-3-5-10(9)7-12(11)14-8;1-2/h2-7H,1H3,(H,13,14);1-2H3. The van der Waals surface area contributed by atoms with Crippen molar-refractivity contribution >= 4 is 21.8 Å². The molecule has 2 heteroatoms. The number of aromatic amines is 1. The smallest absolute Gasteiger partial charge is 0.104 e. The minimum atomic E-state index is 0.968. The zero-order valence-corrected chi connectivity index (χ0v) is 9.91. The third kappa shape index (κ3) is 1.78. The van der Waals surface area contributed by atoms with Crippen molar-refractivity contribution in [1.29, 1.82) is 0 Å². The Hall–Kier alpha value is -1.83. The van der Waals surface area contributed by atoms with E-state index in [-0.39, 0.29) is 0 Å². The second-order valence-corrected chi connectivity index (χ2v) is 3.54. The average Bonchev–Trinajstić information content (AvgIpc) is 2.67. The summed E-state index contributed by atoms with van der Waals surface area (Å²) in [4.78, 5) is 7.65. The summed E-state index contributed by atoms with van der Waals surface area (Å²) in [6.45, 7) is 5.98. The van der Waals surface area contributed by atoms with Crippen LogP contribution in [0.1, 0.15) is 19.7 Å². The number of aryl methyl sites for hydroxylation is 1. The Morgan fingerprint density at radius 3 is 2.31 bits per heavy atom. The van der Waals surface area contributed by atoms with Crippen molar-refractivity contribution in [2.45, 2.75) is 20.8 Å². The molecule has 0 fully saturated rings. The number of nitrogens with zero attached hydrogens (tertiary/aromatic N) is 1. The molecule has 2 aromatic carbocycles. The van der Waals surface area contributed by atoms with Gasteiger partial charge in [-0.25, -0.2) is 4.98 Å². The van der Waals surface area contributed by atoms with Gasteiger partial charge in [-0.2, -0.15) is 0 Å². The highest BCUT2D eigenvalue weighted by Gasteiger charge is 2.00. The molecule has 0 saturated heterocycles. The summed E-state index contributed by atoms with van der Waals surface area (Å²) >= 11 is 0. The van der Waals surface area contributed by atoms with Gasteiger partial charge in [-0.3, -0.25) is 0 Å². The summed E-state index contributed by atoms with van der Waals surface area (Å²) in [6, 6.07) is 12.6. The van der Waals surface area contributed by atoms with Gasteiger partial charge in [0.25, 0.3) is 0 Å². The lowest BCUT2D eigenvalue weighted by atomic mass is 10.1. The van der Waals surface area contributed by atoms with Crippen molar-refractivity contribution in [1.82, 2.24) is 9.97 Å². The van der Waals surface area contributed by atoms with Crippen LogP contribution in [0.25, 0.3) is 21.8 Å². The van der Waals surface area contributed by atoms with E-state index in [0.29, 0.717) is 0 Å². The molecule has 0 aliphatic carbocycles. The van der Waals surface area contributed by atoms with Gasteiger partial charge in [0.15, 0.2) is 0 Å². The van der Waals surface area contributed by atoms with E-state index in [0.717, 1.165) is 16.9 Å². The van der Waals surface area contributed by atoms with Gasteiger partial charge in [-0.1, -0.05) is 38.1 Å². The van der Waals surface area contributed by atoms with E-state index < -0.39 is 0 Å². The molecular formula is C14H16N2. The Kier molecular flexibility index (Phi) is 2.91. The molecule has 0 atom stereocenters. The van der Waals surface area contributed by atoms with Crippen molar-refractivity contribution in [2.75, 3.05) is 0 Å². The fourth-order valence-corrected chi connectivity index (χ4v) is 1.82. The normalized spacial score (nSPS) is 10.2. The van der Waals surface area contributed by atoms with Crippen LogP contribution >= 0.6 is 0 Å². The Morgan fingerprint density at radius 1 is 1.00 bits per heavy atom. The predicted octanol–water partition coefficient (Wildman–Crippen LogP) is 4.05. The fraction of sp³-hybridized carbons (Fsp3) is 0.214. The van der Waals surface area contributed by atoms with Gasteiger partial charge < -0.3 is 4.98 Å². The fourth-order valence-electron chi connectivity index (χ4n) is 1.82. The van der Waals surface area contributed by atoms with Crippen LogP contribution in [0, 0.1) is 6.92 Å². The SMILES string of the molecule is CC.Cc1nc2cc3ccccc3cc2[nH]1. The van der Waals surface area contributed by atoms with Gasteiger partial charge in [-0.15, -0.1) is 0 Å². The first-order chi connectivity index (χ1) is 7.83. The van der Waals surface area contributed by atoms with Gasteiger partial charge in [-0.05, 0) is 29.8 Å². The second kappa shape index (κ2) is 4.35. The van der Waals surface area contributed by atoms with Crippen LogP contribution in [0.15, 0.2) is 36.4 Å². The largest absolute Gasteiger partial charge is 0.342 e. The summed E-state index contributed by atoms with van der Waals surface area (Å²) in [5.74, 6) is 0.968. The lowest BCUT2D eigenvalue weighted by Gasteiger charge is -1.95. The van der Waals surface area contributed by atoms with E-state index in [1.54, 1.807) is 0 Å². The molecular weight excluding hydrogens is 196 g/mol. The molecule has 0 bridgehead atoms. The van der Waals surface area contributed by atoms with Crippen LogP contribution in [0.4, 0.5) is 0 Å². The van der Waals surface area contributed by atoms with Crippen LogP contribution in [0.2, 0.25) is 0 Å². The lowest BCUT2D eigenvalue weighted by molar-refractivity contribution is 1.17. The van der Waals surface area contributed by atoms with E-state index in [1.165, 1.54) is 10.8 Å². The van der Waals surface area contributed by atoms with Crippen molar-refractivity contribution in [3.05, 3.63) is 42.2 Å². The molecule has 2 nitrogen and oxygen atoms in total. The number of hydrogen-bond acceptors (Lipinski definition) is 1. The first-order valence-electron chi connectivity index (χ1n) is 5.68. The number of aromatic nitrogens is 2. The van der Waals surface area contributed by atoms with Crippen LogP contribution in [0.3, 0.4) is 0 Å². The maximum atomic E-state index is 4.41. The number of nitrogens with one attached hydrogen (secondary N) is 1. The number of hydrogen-bond donors (Lipinski definition) is 1. The maximum absolute atomic E-state index is 4.41. The average molecular weight is 212 g/mol. The van der Waals surface area contributed by atoms with E-state index in [4.69, 9.17) is 0 Å². The van der Waals surface area contributed by atoms with E-state index >= 15 is 0 Å². The Balaban J connectivity index is 0.000000457. The highest BCUT2D eigenvalue weighted by atomic mass is 14.9. The molecule has 1 heterocycles. The third-order valence-corrected chi connectivity index (χ3v) is 2.47. The lowest BCUT2D eigenvalue weighted by Crippen LogP contribution is -1.73. The minimum absolute atomic E-state index is 0.968. The maximum Gasteiger partial charge on any atom is 0.104 e.